The fourth-order valence-corrected chi connectivity index (χ4v) is 1.76. The minimum Gasteiger partial charge on any atom is -0.444 e. The second-order valence-electron chi connectivity index (χ2n) is 5.81. The van der Waals surface area contributed by atoms with E-state index in [9.17, 15) is 4.79 Å². The van der Waals surface area contributed by atoms with Crippen molar-refractivity contribution in [3.63, 3.8) is 0 Å². The largest absolute Gasteiger partial charge is 0.444 e. The maximum Gasteiger partial charge on any atom is 0.412 e. The molecule has 0 spiro atoms. The van der Waals surface area contributed by atoms with Crippen molar-refractivity contribution in [2.45, 2.75) is 52.6 Å². The smallest absolute Gasteiger partial charge is 0.412 e. The van der Waals surface area contributed by atoms with Crippen LogP contribution in [-0.4, -0.2) is 18.2 Å². The number of carbonyl (C=O) groups excluding carboxylic acids is 1. The number of amides is 1. The highest BCUT2D eigenvalue weighted by Crippen LogP contribution is 2.22. The summed E-state index contributed by atoms with van der Waals surface area (Å²) in [6, 6.07) is 7.66. The first-order chi connectivity index (χ1) is 9.42. The van der Waals surface area contributed by atoms with Crippen LogP contribution in [0.3, 0.4) is 0 Å². The Balaban J connectivity index is 2.58. The Labute approximate surface area is 121 Å². The van der Waals surface area contributed by atoms with Crippen LogP contribution in [0.2, 0.25) is 0 Å². The number of anilines is 2. The first-order valence-electron chi connectivity index (χ1n) is 7.25. The van der Waals surface area contributed by atoms with Gasteiger partial charge in [-0.2, -0.15) is 0 Å². The molecule has 0 heterocycles. The van der Waals surface area contributed by atoms with Gasteiger partial charge in [0, 0.05) is 6.54 Å². The second kappa shape index (κ2) is 7.78. The molecule has 1 aromatic carbocycles. The van der Waals surface area contributed by atoms with E-state index in [1.165, 1.54) is 12.8 Å². The van der Waals surface area contributed by atoms with E-state index < -0.39 is 11.7 Å². The van der Waals surface area contributed by atoms with Crippen molar-refractivity contribution in [2.75, 3.05) is 17.2 Å². The topological polar surface area (TPSA) is 50.4 Å². The lowest BCUT2D eigenvalue weighted by Crippen LogP contribution is -2.27. The van der Waals surface area contributed by atoms with Crippen LogP contribution in [0.5, 0.6) is 0 Å². The molecule has 0 radical (unpaired) electrons. The first-order valence-corrected chi connectivity index (χ1v) is 7.25. The summed E-state index contributed by atoms with van der Waals surface area (Å²) in [5.41, 5.74) is 1.18. The van der Waals surface area contributed by atoms with Crippen molar-refractivity contribution in [3.05, 3.63) is 24.3 Å². The monoisotopic (exact) mass is 278 g/mol. The molecule has 1 rings (SSSR count). The molecular formula is C16H26N2O2. The lowest BCUT2D eigenvalue weighted by atomic mass is 10.2. The number of rotatable bonds is 6. The lowest BCUT2D eigenvalue weighted by molar-refractivity contribution is 0.0636. The van der Waals surface area contributed by atoms with Gasteiger partial charge in [-0.3, -0.25) is 5.32 Å². The molecule has 0 aliphatic carbocycles. The Morgan fingerprint density at radius 2 is 1.80 bits per heavy atom. The normalized spacial score (nSPS) is 11.0. The van der Waals surface area contributed by atoms with E-state index in [-0.39, 0.29) is 0 Å². The van der Waals surface area contributed by atoms with Gasteiger partial charge in [0.15, 0.2) is 0 Å². The van der Waals surface area contributed by atoms with E-state index in [2.05, 4.69) is 17.6 Å². The van der Waals surface area contributed by atoms with Crippen molar-refractivity contribution in [1.82, 2.24) is 0 Å². The summed E-state index contributed by atoms with van der Waals surface area (Å²) in [5.74, 6) is 0. The summed E-state index contributed by atoms with van der Waals surface area (Å²) < 4.78 is 5.26. The number of para-hydroxylation sites is 2. The van der Waals surface area contributed by atoms with Gasteiger partial charge >= 0.3 is 6.09 Å². The second-order valence-corrected chi connectivity index (χ2v) is 5.81. The fraction of sp³-hybridized carbons (Fsp3) is 0.562. The Morgan fingerprint density at radius 1 is 1.15 bits per heavy atom. The third kappa shape index (κ3) is 6.45. The van der Waals surface area contributed by atoms with Gasteiger partial charge in [0.25, 0.3) is 0 Å². The SMILES string of the molecule is CCCCCNc1ccccc1NC(=O)OC(C)(C)C. The number of hydrogen-bond donors (Lipinski definition) is 2. The van der Waals surface area contributed by atoms with Crippen LogP contribution in [0.4, 0.5) is 16.2 Å². The molecule has 0 aromatic heterocycles. The van der Waals surface area contributed by atoms with Crippen molar-refractivity contribution in [1.29, 1.82) is 0 Å². The van der Waals surface area contributed by atoms with Crippen molar-refractivity contribution < 1.29 is 9.53 Å². The fourth-order valence-electron chi connectivity index (χ4n) is 1.76. The molecule has 0 fully saturated rings. The van der Waals surface area contributed by atoms with Gasteiger partial charge in [-0.1, -0.05) is 31.9 Å². The molecule has 0 saturated carbocycles. The van der Waals surface area contributed by atoms with Gasteiger partial charge in [-0.05, 0) is 39.3 Å². The third-order valence-electron chi connectivity index (χ3n) is 2.66. The van der Waals surface area contributed by atoms with Crippen LogP contribution in [0, 0.1) is 0 Å². The molecule has 0 atom stereocenters. The van der Waals surface area contributed by atoms with Crippen LogP contribution in [0.1, 0.15) is 47.0 Å². The van der Waals surface area contributed by atoms with Crippen LogP contribution >= 0.6 is 0 Å². The van der Waals surface area contributed by atoms with E-state index >= 15 is 0 Å². The van der Waals surface area contributed by atoms with E-state index in [0.717, 1.165) is 24.3 Å². The van der Waals surface area contributed by atoms with Gasteiger partial charge in [0.2, 0.25) is 0 Å². The van der Waals surface area contributed by atoms with Crippen LogP contribution < -0.4 is 10.6 Å². The molecule has 0 unspecified atom stereocenters. The van der Waals surface area contributed by atoms with E-state index in [1.807, 2.05) is 45.0 Å². The zero-order chi connectivity index (χ0) is 15.0. The van der Waals surface area contributed by atoms with E-state index in [0.29, 0.717) is 0 Å². The van der Waals surface area contributed by atoms with Gasteiger partial charge in [0.05, 0.1) is 11.4 Å². The molecule has 2 N–H and O–H groups in total. The quantitative estimate of drug-likeness (QED) is 0.745. The first kappa shape index (κ1) is 16.3. The summed E-state index contributed by atoms with van der Waals surface area (Å²) in [7, 11) is 0. The Hall–Kier alpha value is -1.71. The molecule has 0 aliphatic rings. The number of ether oxygens (including phenoxy) is 1. The summed E-state index contributed by atoms with van der Waals surface area (Å²) >= 11 is 0. The van der Waals surface area contributed by atoms with E-state index in [4.69, 9.17) is 4.74 Å². The average Bonchev–Trinajstić information content (AvgIpc) is 2.34. The van der Waals surface area contributed by atoms with Crippen molar-refractivity contribution >= 4 is 17.5 Å². The molecule has 4 heteroatoms. The number of hydrogen-bond acceptors (Lipinski definition) is 3. The summed E-state index contributed by atoms with van der Waals surface area (Å²) in [6.07, 6.45) is 3.09. The number of nitrogens with one attached hydrogen (secondary N) is 2. The van der Waals surface area contributed by atoms with Gasteiger partial charge in [0.1, 0.15) is 5.60 Å². The number of benzene rings is 1. The third-order valence-corrected chi connectivity index (χ3v) is 2.66. The van der Waals surface area contributed by atoms with Crippen LogP contribution in [0.15, 0.2) is 24.3 Å². The molecule has 4 nitrogen and oxygen atoms in total. The number of unbranched alkanes of at least 4 members (excludes halogenated alkanes) is 2. The number of carbonyl (C=O) groups is 1. The Morgan fingerprint density at radius 3 is 2.40 bits per heavy atom. The zero-order valence-corrected chi connectivity index (χ0v) is 13.0. The maximum atomic E-state index is 11.8. The predicted octanol–water partition coefficient (Wildman–Crippen LogP) is 4.64. The highest BCUT2D eigenvalue weighted by Gasteiger charge is 2.16. The minimum atomic E-state index is -0.492. The van der Waals surface area contributed by atoms with Crippen LogP contribution in [0.25, 0.3) is 0 Å². The molecule has 0 bridgehead atoms. The van der Waals surface area contributed by atoms with E-state index in [1.54, 1.807) is 0 Å². The van der Waals surface area contributed by atoms with Gasteiger partial charge < -0.3 is 10.1 Å². The molecule has 112 valence electrons. The summed E-state index contributed by atoms with van der Waals surface area (Å²) in [4.78, 5) is 11.8. The standard InChI is InChI=1S/C16H26N2O2/c1-5-6-9-12-17-13-10-7-8-11-14(13)18-15(19)20-16(2,3)4/h7-8,10-11,17H,5-6,9,12H2,1-4H3,(H,18,19). The molecule has 0 saturated heterocycles. The molecule has 0 aliphatic heterocycles. The zero-order valence-electron chi connectivity index (χ0n) is 13.0. The molecule has 20 heavy (non-hydrogen) atoms. The maximum absolute atomic E-state index is 11.8. The van der Waals surface area contributed by atoms with Crippen molar-refractivity contribution in [2.24, 2.45) is 0 Å². The predicted molar refractivity (Wildman–Crippen MR) is 84.3 cm³/mol. The molecule has 1 aromatic rings. The minimum absolute atomic E-state index is 0.430. The summed E-state index contributed by atoms with van der Waals surface area (Å²) in [6.45, 7) is 8.63. The Kier molecular flexibility index (Phi) is 6.36. The highest BCUT2D eigenvalue weighted by atomic mass is 16.6. The molecule has 1 amide bonds. The van der Waals surface area contributed by atoms with Gasteiger partial charge in [-0.15, -0.1) is 0 Å². The molecular weight excluding hydrogens is 252 g/mol. The lowest BCUT2D eigenvalue weighted by Gasteiger charge is -2.20. The van der Waals surface area contributed by atoms with Crippen molar-refractivity contribution in [3.8, 4) is 0 Å². The average molecular weight is 278 g/mol. The highest BCUT2D eigenvalue weighted by molar-refractivity contribution is 5.89. The van der Waals surface area contributed by atoms with Crippen LogP contribution in [-0.2, 0) is 4.74 Å². The van der Waals surface area contributed by atoms with Gasteiger partial charge in [-0.25, -0.2) is 4.79 Å². The Bertz CT molecular complexity index is 425. The summed E-state index contributed by atoms with van der Waals surface area (Å²) in [5, 5.41) is 6.13.